The van der Waals surface area contributed by atoms with E-state index in [4.69, 9.17) is 20.2 Å². The normalized spacial score (nSPS) is 23.7. The van der Waals surface area contributed by atoms with Crippen LogP contribution in [0.4, 0.5) is 0 Å². The molecule has 0 radical (unpaired) electrons. The molecule has 116 valence electrons. The second-order valence-electron chi connectivity index (χ2n) is 6.25. The van der Waals surface area contributed by atoms with Crippen molar-refractivity contribution in [2.75, 3.05) is 13.2 Å². The van der Waals surface area contributed by atoms with E-state index in [1.807, 2.05) is 18.2 Å². The van der Waals surface area contributed by atoms with Crippen molar-refractivity contribution in [3.63, 3.8) is 0 Å². The first-order valence-electron chi connectivity index (χ1n) is 7.93. The molecule has 2 unspecified atom stereocenters. The Bertz CT molecular complexity index is 695. The lowest BCUT2D eigenvalue weighted by Crippen LogP contribution is -2.33. The van der Waals surface area contributed by atoms with Gasteiger partial charge < -0.3 is 19.8 Å². The van der Waals surface area contributed by atoms with Gasteiger partial charge in [0, 0.05) is 36.7 Å². The Balaban J connectivity index is 1.71. The summed E-state index contributed by atoms with van der Waals surface area (Å²) in [6.07, 6.45) is 4.01. The largest absolute Gasteiger partial charge is 0.490 e. The Labute approximate surface area is 130 Å². The maximum absolute atomic E-state index is 6.11. The van der Waals surface area contributed by atoms with Crippen LogP contribution in [0.2, 0.25) is 0 Å². The van der Waals surface area contributed by atoms with Crippen molar-refractivity contribution in [3.05, 3.63) is 30.2 Å². The maximum atomic E-state index is 6.11. The second kappa shape index (κ2) is 5.32. The summed E-state index contributed by atoms with van der Waals surface area (Å²) in [4.78, 5) is 4.82. The van der Waals surface area contributed by atoms with Crippen molar-refractivity contribution in [3.8, 4) is 22.8 Å². The van der Waals surface area contributed by atoms with Crippen molar-refractivity contribution in [1.82, 2.24) is 9.55 Å². The summed E-state index contributed by atoms with van der Waals surface area (Å²) >= 11 is 0. The highest BCUT2D eigenvalue weighted by atomic mass is 16.5. The summed E-state index contributed by atoms with van der Waals surface area (Å²) in [5.74, 6) is 3.16. The van der Waals surface area contributed by atoms with Crippen LogP contribution in [0.15, 0.2) is 24.4 Å². The first-order chi connectivity index (χ1) is 10.7. The number of hydrogen-bond donors (Lipinski definition) is 1. The Morgan fingerprint density at radius 2 is 2.05 bits per heavy atom. The van der Waals surface area contributed by atoms with Gasteiger partial charge in [-0.1, -0.05) is 6.92 Å². The highest BCUT2D eigenvalue weighted by Gasteiger charge is 2.24. The monoisotopic (exact) mass is 299 g/mol. The zero-order valence-corrected chi connectivity index (χ0v) is 12.8. The van der Waals surface area contributed by atoms with E-state index < -0.39 is 0 Å². The molecule has 0 aliphatic carbocycles. The molecule has 2 N–H and O–H groups in total. The van der Waals surface area contributed by atoms with Gasteiger partial charge in [0.05, 0.1) is 18.9 Å². The highest BCUT2D eigenvalue weighted by Crippen LogP contribution is 2.35. The van der Waals surface area contributed by atoms with E-state index in [1.54, 1.807) is 0 Å². The molecule has 0 saturated carbocycles. The molecule has 2 atom stereocenters. The van der Waals surface area contributed by atoms with Crippen LogP contribution in [-0.2, 0) is 6.54 Å². The minimum absolute atomic E-state index is 0.216. The molecule has 5 heteroatoms. The summed E-state index contributed by atoms with van der Waals surface area (Å²) in [5.41, 5.74) is 8.15. The number of nitrogens with two attached hydrogens (primary N) is 1. The van der Waals surface area contributed by atoms with Gasteiger partial charge in [-0.3, -0.25) is 0 Å². The van der Waals surface area contributed by atoms with Gasteiger partial charge in [0.25, 0.3) is 0 Å². The number of ether oxygens (including phenoxy) is 2. The molecular weight excluding hydrogens is 278 g/mol. The van der Waals surface area contributed by atoms with Gasteiger partial charge in [0.1, 0.15) is 5.82 Å². The Kier molecular flexibility index (Phi) is 3.30. The van der Waals surface area contributed by atoms with Crippen LogP contribution in [0, 0.1) is 0 Å². The molecule has 1 aromatic heterocycles. The summed E-state index contributed by atoms with van der Waals surface area (Å²) in [5, 5.41) is 0. The average molecular weight is 299 g/mol. The summed E-state index contributed by atoms with van der Waals surface area (Å²) in [6.45, 7) is 4.44. The molecule has 0 spiro atoms. The van der Waals surface area contributed by atoms with Gasteiger partial charge in [0.15, 0.2) is 11.5 Å². The molecule has 0 saturated heterocycles. The van der Waals surface area contributed by atoms with E-state index in [2.05, 4.69) is 17.7 Å². The lowest BCUT2D eigenvalue weighted by Gasteiger charge is -2.25. The molecule has 2 aliphatic rings. The maximum Gasteiger partial charge on any atom is 0.161 e. The number of hydrogen-bond acceptors (Lipinski definition) is 4. The van der Waals surface area contributed by atoms with E-state index in [9.17, 15) is 0 Å². The van der Waals surface area contributed by atoms with Crippen LogP contribution in [0.1, 0.15) is 31.5 Å². The van der Waals surface area contributed by atoms with Gasteiger partial charge in [-0.25, -0.2) is 4.98 Å². The van der Waals surface area contributed by atoms with Crippen LogP contribution in [-0.4, -0.2) is 28.8 Å². The molecule has 0 bridgehead atoms. The molecule has 1 aromatic carbocycles. The summed E-state index contributed by atoms with van der Waals surface area (Å²) < 4.78 is 13.6. The third kappa shape index (κ3) is 2.35. The number of rotatable bonds is 1. The van der Waals surface area contributed by atoms with Crippen molar-refractivity contribution in [1.29, 1.82) is 0 Å². The summed E-state index contributed by atoms with van der Waals surface area (Å²) in [6, 6.07) is 6.27. The lowest BCUT2D eigenvalue weighted by atomic mass is 9.98. The highest BCUT2D eigenvalue weighted by molar-refractivity contribution is 5.64. The van der Waals surface area contributed by atoms with Crippen molar-refractivity contribution < 1.29 is 9.47 Å². The van der Waals surface area contributed by atoms with E-state index in [-0.39, 0.29) is 6.04 Å². The Morgan fingerprint density at radius 1 is 1.23 bits per heavy atom. The molecule has 5 nitrogen and oxygen atoms in total. The Morgan fingerprint density at radius 3 is 2.91 bits per heavy atom. The van der Waals surface area contributed by atoms with Gasteiger partial charge >= 0.3 is 0 Å². The fourth-order valence-electron chi connectivity index (χ4n) is 3.32. The number of imidazole rings is 1. The zero-order chi connectivity index (χ0) is 15.1. The Hall–Kier alpha value is -2.01. The van der Waals surface area contributed by atoms with Gasteiger partial charge in [0.2, 0.25) is 0 Å². The fourth-order valence-corrected chi connectivity index (χ4v) is 3.32. The van der Waals surface area contributed by atoms with Crippen LogP contribution in [0.3, 0.4) is 0 Å². The second-order valence-corrected chi connectivity index (χ2v) is 6.25. The molecule has 0 amide bonds. The van der Waals surface area contributed by atoms with Crippen LogP contribution in [0.25, 0.3) is 11.3 Å². The number of benzene rings is 1. The molecule has 3 heterocycles. The van der Waals surface area contributed by atoms with Crippen molar-refractivity contribution in [2.24, 2.45) is 5.73 Å². The first kappa shape index (κ1) is 13.6. The minimum atomic E-state index is 0.216. The predicted octanol–water partition coefficient (Wildman–Crippen LogP) is 2.55. The fraction of sp³-hybridized carbons (Fsp3) is 0.471. The van der Waals surface area contributed by atoms with Gasteiger partial charge in [-0.05, 0) is 24.6 Å². The SMILES string of the molecule is CC1CC(N)Cn2cc(-c3ccc4c(c3)OCCCO4)nc21. The third-order valence-electron chi connectivity index (χ3n) is 4.38. The topological polar surface area (TPSA) is 62.3 Å². The number of aromatic nitrogens is 2. The molecule has 2 aliphatic heterocycles. The smallest absolute Gasteiger partial charge is 0.161 e. The molecular formula is C17H21N3O2. The zero-order valence-electron chi connectivity index (χ0n) is 12.8. The van der Waals surface area contributed by atoms with Crippen LogP contribution >= 0.6 is 0 Å². The molecule has 22 heavy (non-hydrogen) atoms. The van der Waals surface area contributed by atoms with E-state index in [1.165, 1.54) is 0 Å². The van der Waals surface area contributed by atoms with Gasteiger partial charge in [-0.2, -0.15) is 0 Å². The third-order valence-corrected chi connectivity index (χ3v) is 4.38. The minimum Gasteiger partial charge on any atom is -0.490 e. The van der Waals surface area contributed by atoms with E-state index in [0.29, 0.717) is 19.1 Å². The summed E-state index contributed by atoms with van der Waals surface area (Å²) in [7, 11) is 0. The standard InChI is InChI=1S/C17H21N3O2/c1-11-7-13(18)9-20-10-14(19-17(11)20)12-3-4-15-16(8-12)22-6-2-5-21-15/h3-4,8,10-11,13H,2,5-7,9,18H2,1H3. The predicted molar refractivity (Wildman–Crippen MR) is 84.3 cm³/mol. The molecule has 4 rings (SSSR count). The van der Waals surface area contributed by atoms with E-state index in [0.717, 1.165) is 48.0 Å². The van der Waals surface area contributed by atoms with Crippen molar-refractivity contribution >= 4 is 0 Å². The van der Waals surface area contributed by atoms with Crippen LogP contribution < -0.4 is 15.2 Å². The number of fused-ring (bicyclic) bond motifs is 2. The number of nitrogens with zero attached hydrogens (tertiary/aromatic N) is 2. The van der Waals surface area contributed by atoms with Gasteiger partial charge in [-0.15, -0.1) is 0 Å². The quantitative estimate of drug-likeness (QED) is 0.879. The first-order valence-corrected chi connectivity index (χ1v) is 7.93. The molecule has 2 aromatic rings. The van der Waals surface area contributed by atoms with Crippen molar-refractivity contribution in [2.45, 2.75) is 38.3 Å². The average Bonchev–Trinajstić information content (AvgIpc) is 2.78. The molecule has 0 fully saturated rings. The van der Waals surface area contributed by atoms with Crippen LogP contribution in [0.5, 0.6) is 11.5 Å². The lowest BCUT2D eigenvalue weighted by molar-refractivity contribution is 0.297. The van der Waals surface area contributed by atoms with E-state index >= 15 is 0 Å².